The van der Waals surface area contributed by atoms with Crippen molar-refractivity contribution in [3.63, 3.8) is 0 Å². The lowest BCUT2D eigenvalue weighted by Gasteiger charge is -2.15. The number of aryl methyl sites for hydroxylation is 1. The van der Waals surface area contributed by atoms with Crippen LogP contribution in [0.25, 0.3) is 0 Å². The quantitative estimate of drug-likeness (QED) is 0.838. The molecule has 0 fully saturated rings. The molecule has 0 aromatic heterocycles. The van der Waals surface area contributed by atoms with E-state index < -0.39 is 0 Å². The average molecular weight is 232 g/mol. The first-order valence-corrected chi connectivity index (χ1v) is 5.63. The number of benzene rings is 2. The van der Waals surface area contributed by atoms with Crippen LogP contribution >= 0.6 is 11.6 Å². The molecule has 0 heterocycles. The summed E-state index contributed by atoms with van der Waals surface area (Å²) in [6.45, 7) is 1.99. The minimum Gasteiger partial charge on any atom is -0.320 e. The third-order valence-corrected chi connectivity index (χ3v) is 3.23. The Morgan fingerprint density at radius 2 is 1.69 bits per heavy atom. The first-order chi connectivity index (χ1) is 7.70. The van der Waals surface area contributed by atoms with Gasteiger partial charge in [-0.25, -0.2) is 0 Å². The number of hydrogen-bond donors (Lipinski definition) is 1. The molecule has 0 aliphatic rings. The number of nitrogens with two attached hydrogens (primary N) is 1. The maximum Gasteiger partial charge on any atom is 0.0566 e. The van der Waals surface area contributed by atoms with Gasteiger partial charge in [-0.1, -0.05) is 60.1 Å². The second-order valence-electron chi connectivity index (χ2n) is 3.87. The molecular weight excluding hydrogens is 218 g/mol. The van der Waals surface area contributed by atoms with Crippen LogP contribution in [-0.4, -0.2) is 0 Å². The molecule has 0 aliphatic heterocycles. The monoisotopic (exact) mass is 231 g/mol. The maximum atomic E-state index is 6.26. The van der Waals surface area contributed by atoms with Gasteiger partial charge in [0.05, 0.1) is 6.04 Å². The van der Waals surface area contributed by atoms with Crippen molar-refractivity contribution in [2.75, 3.05) is 0 Å². The van der Waals surface area contributed by atoms with Crippen molar-refractivity contribution < 1.29 is 0 Å². The standard InChI is InChI=1S/C14H14ClN/c1-10-6-5-9-12(13(10)15)14(16)11-7-3-2-4-8-11/h2-9,14H,16H2,1H3. The van der Waals surface area contributed by atoms with E-state index >= 15 is 0 Å². The van der Waals surface area contributed by atoms with Gasteiger partial charge in [-0.05, 0) is 23.6 Å². The summed E-state index contributed by atoms with van der Waals surface area (Å²) in [5, 5.41) is 0.763. The second-order valence-corrected chi connectivity index (χ2v) is 4.24. The molecule has 0 saturated heterocycles. The minimum absolute atomic E-state index is 0.159. The van der Waals surface area contributed by atoms with Gasteiger partial charge in [0.2, 0.25) is 0 Å². The zero-order chi connectivity index (χ0) is 11.5. The van der Waals surface area contributed by atoms with Crippen LogP contribution in [0, 0.1) is 6.92 Å². The molecule has 1 unspecified atom stereocenters. The van der Waals surface area contributed by atoms with Crippen LogP contribution in [-0.2, 0) is 0 Å². The Labute approximate surface area is 101 Å². The smallest absolute Gasteiger partial charge is 0.0566 e. The van der Waals surface area contributed by atoms with Crippen molar-refractivity contribution in [2.45, 2.75) is 13.0 Å². The molecule has 2 rings (SSSR count). The van der Waals surface area contributed by atoms with E-state index in [1.807, 2.05) is 55.5 Å². The molecule has 0 spiro atoms. The fraction of sp³-hybridized carbons (Fsp3) is 0.143. The van der Waals surface area contributed by atoms with Gasteiger partial charge in [0.25, 0.3) is 0 Å². The first kappa shape index (κ1) is 11.2. The zero-order valence-corrected chi connectivity index (χ0v) is 9.91. The summed E-state index contributed by atoms with van der Waals surface area (Å²) in [7, 11) is 0. The summed E-state index contributed by atoms with van der Waals surface area (Å²) < 4.78 is 0. The van der Waals surface area contributed by atoms with Crippen LogP contribution in [0.4, 0.5) is 0 Å². The lowest BCUT2D eigenvalue weighted by atomic mass is 9.98. The molecule has 2 N–H and O–H groups in total. The van der Waals surface area contributed by atoms with Crippen molar-refractivity contribution in [1.29, 1.82) is 0 Å². The molecule has 2 aromatic rings. The molecule has 0 amide bonds. The summed E-state index contributed by atoms with van der Waals surface area (Å²) in [6, 6.07) is 15.8. The van der Waals surface area contributed by atoms with Crippen molar-refractivity contribution in [1.82, 2.24) is 0 Å². The fourth-order valence-corrected chi connectivity index (χ4v) is 1.99. The Kier molecular flexibility index (Phi) is 3.28. The van der Waals surface area contributed by atoms with Gasteiger partial charge in [-0.3, -0.25) is 0 Å². The topological polar surface area (TPSA) is 26.0 Å². The van der Waals surface area contributed by atoms with E-state index in [2.05, 4.69) is 0 Å². The predicted molar refractivity (Wildman–Crippen MR) is 68.7 cm³/mol. The molecule has 16 heavy (non-hydrogen) atoms. The van der Waals surface area contributed by atoms with Gasteiger partial charge in [0.15, 0.2) is 0 Å². The summed E-state index contributed by atoms with van der Waals surface area (Å²) in [5.41, 5.74) is 9.32. The van der Waals surface area contributed by atoms with Crippen molar-refractivity contribution >= 4 is 11.6 Å². The highest BCUT2D eigenvalue weighted by atomic mass is 35.5. The lowest BCUT2D eigenvalue weighted by molar-refractivity contribution is 0.870. The van der Waals surface area contributed by atoms with Gasteiger partial charge >= 0.3 is 0 Å². The molecular formula is C14H14ClN. The van der Waals surface area contributed by atoms with E-state index in [4.69, 9.17) is 17.3 Å². The van der Waals surface area contributed by atoms with Gasteiger partial charge in [0.1, 0.15) is 0 Å². The maximum absolute atomic E-state index is 6.26. The average Bonchev–Trinajstić information content (AvgIpc) is 2.33. The van der Waals surface area contributed by atoms with Crippen LogP contribution in [0.15, 0.2) is 48.5 Å². The van der Waals surface area contributed by atoms with Gasteiger partial charge in [-0.2, -0.15) is 0 Å². The Morgan fingerprint density at radius 1 is 1.00 bits per heavy atom. The van der Waals surface area contributed by atoms with Gasteiger partial charge in [0, 0.05) is 5.02 Å². The third-order valence-electron chi connectivity index (χ3n) is 2.72. The van der Waals surface area contributed by atoms with E-state index in [0.717, 1.165) is 21.7 Å². The van der Waals surface area contributed by atoms with Crippen LogP contribution in [0.2, 0.25) is 5.02 Å². The fourth-order valence-electron chi connectivity index (χ4n) is 1.75. The molecule has 0 aliphatic carbocycles. The minimum atomic E-state index is -0.159. The second kappa shape index (κ2) is 4.69. The molecule has 2 heteroatoms. The van der Waals surface area contributed by atoms with Gasteiger partial charge in [-0.15, -0.1) is 0 Å². The molecule has 0 saturated carbocycles. The van der Waals surface area contributed by atoms with Crippen molar-refractivity contribution in [3.8, 4) is 0 Å². The van der Waals surface area contributed by atoms with E-state index in [-0.39, 0.29) is 6.04 Å². The van der Waals surface area contributed by atoms with Crippen LogP contribution in [0.1, 0.15) is 22.7 Å². The van der Waals surface area contributed by atoms with Crippen LogP contribution in [0.3, 0.4) is 0 Å². The van der Waals surface area contributed by atoms with E-state index in [1.165, 1.54) is 0 Å². The highest BCUT2D eigenvalue weighted by Crippen LogP contribution is 2.28. The summed E-state index contributed by atoms with van der Waals surface area (Å²) in [4.78, 5) is 0. The molecule has 1 atom stereocenters. The zero-order valence-electron chi connectivity index (χ0n) is 9.15. The van der Waals surface area contributed by atoms with Crippen molar-refractivity contribution in [2.24, 2.45) is 5.73 Å². The first-order valence-electron chi connectivity index (χ1n) is 5.25. The van der Waals surface area contributed by atoms with Crippen LogP contribution in [0.5, 0.6) is 0 Å². The van der Waals surface area contributed by atoms with E-state index in [9.17, 15) is 0 Å². The SMILES string of the molecule is Cc1cccc(C(N)c2ccccc2)c1Cl. The Balaban J connectivity index is 2.42. The number of hydrogen-bond acceptors (Lipinski definition) is 1. The number of rotatable bonds is 2. The Morgan fingerprint density at radius 3 is 2.38 bits per heavy atom. The summed E-state index contributed by atoms with van der Waals surface area (Å²) >= 11 is 6.26. The highest BCUT2D eigenvalue weighted by Gasteiger charge is 2.12. The van der Waals surface area contributed by atoms with E-state index in [0.29, 0.717) is 0 Å². The van der Waals surface area contributed by atoms with Crippen LogP contribution < -0.4 is 5.73 Å². The largest absolute Gasteiger partial charge is 0.320 e. The lowest BCUT2D eigenvalue weighted by Crippen LogP contribution is -2.12. The number of halogens is 1. The summed E-state index contributed by atoms with van der Waals surface area (Å²) in [5.74, 6) is 0. The highest BCUT2D eigenvalue weighted by molar-refractivity contribution is 6.32. The predicted octanol–water partition coefficient (Wildman–Crippen LogP) is 3.70. The third kappa shape index (κ3) is 2.11. The Bertz CT molecular complexity index is 479. The van der Waals surface area contributed by atoms with Gasteiger partial charge < -0.3 is 5.73 Å². The Hall–Kier alpha value is -1.31. The molecule has 0 radical (unpaired) electrons. The molecule has 1 nitrogen and oxygen atoms in total. The van der Waals surface area contributed by atoms with Crippen molar-refractivity contribution in [3.05, 3.63) is 70.2 Å². The summed E-state index contributed by atoms with van der Waals surface area (Å²) in [6.07, 6.45) is 0. The molecule has 0 bridgehead atoms. The van der Waals surface area contributed by atoms with E-state index in [1.54, 1.807) is 0 Å². The molecule has 2 aromatic carbocycles. The normalized spacial score (nSPS) is 12.4. The molecule has 82 valence electrons.